The SMILES string of the molecule is CC1=Nc2ccc([NH+]([O-])[O-])cc2C1=Cc1sc(=O)[nH]c1O. The van der Waals surface area contributed by atoms with Crippen LogP contribution in [0.15, 0.2) is 28.0 Å². The van der Waals surface area contributed by atoms with Crippen molar-refractivity contribution in [3.8, 4) is 5.88 Å². The number of hydrogen-bond acceptors (Lipinski definition) is 6. The van der Waals surface area contributed by atoms with E-state index in [1.165, 1.54) is 12.1 Å². The highest BCUT2D eigenvalue weighted by atomic mass is 32.1. The van der Waals surface area contributed by atoms with Gasteiger partial charge >= 0.3 is 4.87 Å². The summed E-state index contributed by atoms with van der Waals surface area (Å²) in [5, 5.41) is 30.3. The maximum absolute atomic E-state index is 11.2. The van der Waals surface area contributed by atoms with Gasteiger partial charge in [0.15, 0.2) is 0 Å². The second-order valence-electron chi connectivity index (χ2n) is 4.50. The molecule has 2 aromatic rings. The number of nitrogens with one attached hydrogen (secondary N) is 2. The molecule has 0 saturated carbocycles. The van der Waals surface area contributed by atoms with Crippen LogP contribution in [0.3, 0.4) is 0 Å². The number of quaternary nitrogens is 1. The van der Waals surface area contributed by atoms with E-state index in [0.717, 1.165) is 11.3 Å². The lowest BCUT2D eigenvalue weighted by Crippen LogP contribution is -2.96. The third-order valence-electron chi connectivity index (χ3n) is 3.13. The summed E-state index contributed by atoms with van der Waals surface area (Å²) in [5.74, 6) is -0.213. The van der Waals surface area contributed by atoms with Crippen molar-refractivity contribution >= 4 is 40.1 Å². The molecule has 7 nitrogen and oxygen atoms in total. The number of aliphatic imine (C=N–C) groups is 1. The van der Waals surface area contributed by atoms with Crippen LogP contribution in [0.1, 0.15) is 17.4 Å². The van der Waals surface area contributed by atoms with Crippen molar-refractivity contribution in [2.75, 3.05) is 0 Å². The van der Waals surface area contributed by atoms with E-state index < -0.39 is 5.23 Å². The second-order valence-corrected chi connectivity index (χ2v) is 5.52. The fourth-order valence-corrected chi connectivity index (χ4v) is 2.83. The average Bonchev–Trinajstić information content (AvgIpc) is 2.90. The zero-order chi connectivity index (χ0) is 15.1. The molecule has 1 aliphatic rings. The first kappa shape index (κ1) is 13.7. The van der Waals surface area contributed by atoms with Crippen LogP contribution in [0, 0.1) is 10.4 Å². The van der Waals surface area contributed by atoms with Crippen LogP contribution in [-0.2, 0) is 0 Å². The van der Waals surface area contributed by atoms with Crippen molar-refractivity contribution in [3.63, 3.8) is 0 Å². The number of aromatic amines is 1. The highest BCUT2D eigenvalue weighted by Gasteiger charge is 2.20. The summed E-state index contributed by atoms with van der Waals surface area (Å²) >= 11 is 0.867. The van der Waals surface area contributed by atoms with E-state index in [-0.39, 0.29) is 16.4 Å². The predicted octanol–water partition coefficient (Wildman–Crippen LogP) is 1.30. The summed E-state index contributed by atoms with van der Waals surface area (Å²) in [7, 11) is 0. The highest BCUT2D eigenvalue weighted by Crippen LogP contribution is 2.38. The van der Waals surface area contributed by atoms with Crippen LogP contribution in [0.2, 0.25) is 0 Å². The number of hydrogen-bond donors (Lipinski definition) is 3. The molecule has 0 spiro atoms. The number of thiazole rings is 1. The number of aromatic nitrogens is 1. The van der Waals surface area contributed by atoms with E-state index in [4.69, 9.17) is 0 Å². The number of nitrogens with zero attached hydrogens (tertiary/aromatic N) is 1. The Hall–Kier alpha value is -2.26. The molecule has 2 heterocycles. The number of aromatic hydroxyl groups is 1. The molecule has 0 radical (unpaired) electrons. The summed E-state index contributed by atoms with van der Waals surface area (Å²) in [4.78, 5) is 17.8. The number of benzene rings is 1. The zero-order valence-electron chi connectivity index (χ0n) is 10.8. The molecule has 108 valence electrons. The van der Waals surface area contributed by atoms with Crippen LogP contribution in [0.25, 0.3) is 11.6 Å². The molecule has 1 aromatic heterocycles. The summed E-state index contributed by atoms with van der Waals surface area (Å²) in [6, 6.07) is 4.51. The molecule has 1 aliphatic heterocycles. The normalized spacial score (nSPS) is 15.6. The first-order valence-electron chi connectivity index (χ1n) is 6.01. The van der Waals surface area contributed by atoms with Gasteiger partial charge in [-0.2, -0.15) is 0 Å². The Morgan fingerprint density at radius 1 is 1.43 bits per heavy atom. The van der Waals surface area contributed by atoms with Crippen molar-refractivity contribution in [1.29, 1.82) is 0 Å². The Balaban J connectivity index is 2.14. The Bertz CT molecular complexity index is 832. The molecule has 0 saturated heterocycles. The first-order chi connectivity index (χ1) is 9.95. The minimum Gasteiger partial charge on any atom is -0.628 e. The van der Waals surface area contributed by atoms with Crippen molar-refractivity contribution in [2.24, 2.45) is 4.99 Å². The van der Waals surface area contributed by atoms with Crippen LogP contribution in [0.5, 0.6) is 5.88 Å². The Kier molecular flexibility index (Phi) is 3.22. The molecule has 0 unspecified atom stereocenters. The standard InChI is InChI=1S/C13H10N3O4S/c1-6-8(5-11-12(17)15-13(18)21-11)9-4-7(16(19)20)2-3-10(9)14-6/h2-5,16-17H,1H3,(H,15,18)/q-1. The zero-order valence-corrected chi connectivity index (χ0v) is 11.7. The van der Waals surface area contributed by atoms with E-state index in [9.17, 15) is 20.3 Å². The maximum Gasteiger partial charge on any atom is 0.307 e. The topological polar surface area (TPSA) is 116 Å². The molecular weight excluding hydrogens is 294 g/mol. The Morgan fingerprint density at radius 2 is 2.19 bits per heavy atom. The van der Waals surface area contributed by atoms with Gasteiger partial charge in [0.1, 0.15) is 5.69 Å². The van der Waals surface area contributed by atoms with Gasteiger partial charge in [-0.15, -0.1) is 0 Å². The molecule has 0 bridgehead atoms. The van der Waals surface area contributed by atoms with Crippen LogP contribution >= 0.6 is 11.3 Å². The van der Waals surface area contributed by atoms with Gasteiger partial charge in [0, 0.05) is 29.0 Å². The minimum atomic E-state index is -1.27. The lowest BCUT2D eigenvalue weighted by molar-refractivity contribution is -0.715. The average molecular weight is 304 g/mol. The molecule has 3 rings (SSSR count). The molecule has 0 amide bonds. The summed E-state index contributed by atoms with van der Waals surface area (Å²) < 4.78 is 0. The summed E-state index contributed by atoms with van der Waals surface area (Å²) in [6.07, 6.45) is 1.61. The molecule has 21 heavy (non-hydrogen) atoms. The molecule has 0 fully saturated rings. The fraction of sp³-hybridized carbons (Fsp3) is 0.0769. The molecule has 3 N–H and O–H groups in total. The molecule has 8 heteroatoms. The monoisotopic (exact) mass is 304 g/mol. The van der Waals surface area contributed by atoms with Gasteiger partial charge in [-0.3, -0.25) is 14.8 Å². The van der Waals surface area contributed by atoms with Crippen molar-refractivity contribution in [2.45, 2.75) is 6.92 Å². The molecule has 0 atom stereocenters. The van der Waals surface area contributed by atoms with Crippen LogP contribution in [0.4, 0.5) is 11.4 Å². The van der Waals surface area contributed by atoms with Gasteiger partial charge in [-0.1, -0.05) is 11.3 Å². The van der Waals surface area contributed by atoms with Gasteiger partial charge in [0.05, 0.1) is 10.6 Å². The number of fused-ring (bicyclic) bond motifs is 1. The molecule has 0 aliphatic carbocycles. The number of H-pyrrole nitrogens is 1. The maximum atomic E-state index is 11.2. The van der Waals surface area contributed by atoms with Gasteiger partial charge in [-0.05, 0) is 19.1 Å². The summed E-state index contributed by atoms with van der Waals surface area (Å²) in [5.41, 5.74) is 2.68. The summed E-state index contributed by atoms with van der Waals surface area (Å²) in [6.45, 7) is 1.77. The van der Waals surface area contributed by atoms with Gasteiger partial charge < -0.3 is 20.7 Å². The van der Waals surface area contributed by atoms with E-state index in [1.54, 1.807) is 19.1 Å². The predicted molar refractivity (Wildman–Crippen MR) is 81.0 cm³/mol. The fourth-order valence-electron chi connectivity index (χ4n) is 2.16. The minimum absolute atomic E-state index is 0.0519. The quantitative estimate of drug-likeness (QED) is 0.725. The van der Waals surface area contributed by atoms with Gasteiger partial charge in [-0.25, -0.2) is 0 Å². The van der Waals surface area contributed by atoms with E-state index >= 15 is 0 Å². The molecule has 1 aromatic carbocycles. The Labute approximate surface area is 122 Å². The van der Waals surface area contributed by atoms with E-state index in [2.05, 4.69) is 9.98 Å². The second kappa shape index (κ2) is 4.93. The molecular formula is C13H10N3O4S-. The van der Waals surface area contributed by atoms with Crippen molar-refractivity contribution in [3.05, 3.63) is 48.7 Å². The van der Waals surface area contributed by atoms with Gasteiger partial charge in [0.25, 0.3) is 0 Å². The number of rotatable bonds is 2. The number of allylic oxidation sites excluding steroid dienone is 1. The smallest absolute Gasteiger partial charge is 0.307 e. The highest BCUT2D eigenvalue weighted by molar-refractivity contribution is 7.10. The lowest BCUT2D eigenvalue weighted by atomic mass is 10.0. The lowest BCUT2D eigenvalue weighted by Gasteiger charge is -2.25. The van der Waals surface area contributed by atoms with Gasteiger partial charge in [0.2, 0.25) is 5.88 Å². The third kappa shape index (κ3) is 2.41. The Morgan fingerprint density at radius 3 is 2.81 bits per heavy atom. The largest absolute Gasteiger partial charge is 0.628 e. The first-order valence-corrected chi connectivity index (χ1v) is 6.82. The van der Waals surface area contributed by atoms with Crippen LogP contribution in [-0.4, -0.2) is 15.8 Å². The van der Waals surface area contributed by atoms with Crippen LogP contribution < -0.4 is 10.1 Å². The van der Waals surface area contributed by atoms with Crippen molar-refractivity contribution < 1.29 is 10.3 Å². The van der Waals surface area contributed by atoms with E-state index in [0.29, 0.717) is 27.4 Å². The van der Waals surface area contributed by atoms with E-state index in [1.807, 2.05) is 0 Å². The third-order valence-corrected chi connectivity index (χ3v) is 3.95. The van der Waals surface area contributed by atoms with Crippen molar-refractivity contribution in [1.82, 2.24) is 4.98 Å².